The number of aromatic nitrogens is 2. The highest BCUT2D eigenvalue weighted by molar-refractivity contribution is 5.91. The van der Waals surface area contributed by atoms with E-state index in [0.717, 1.165) is 17.0 Å². The van der Waals surface area contributed by atoms with E-state index in [1.165, 1.54) is 0 Å². The monoisotopic (exact) mass is 339 g/mol. The summed E-state index contributed by atoms with van der Waals surface area (Å²) in [6, 6.07) is 13.1. The van der Waals surface area contributed by atoms with Gasteiger partial charge in [-0.15, -0.1) is 0 Å². The van der Waals surface area contributed by atoms with Gasteiger partial charge in [0, 0.05) is 20.3 Å². The molecule has 0 unspecified atom stereocenters. The summed E-state index contributed by atoms with van der Waals surface area (Å²) in [5.41, 5.74) is 2.01. The van der Waals surface area contributed by atoms with Crippen molar-refractivity contribution in [3.05, 3.63) is 71.4 Å². The molecule has 0 bridgehead atoms. The zero-order valence-electron chi connectivity index (χ0n) is 14.6. The molecule has 130 valence electrons. The van der Waals surface area contributed by atoms with Crippen LogP contribution in [0.3, 0.4) is 0 Å². The molecule has 0 saturated carbocycles. The number of carbonyl (C=O) groups excluding carboxylic acids is 1. The largest absolute Gasteiger partial charge is 0.485 e. The number of furan rings is 1. The van der Waals surface area contributed by atoms with Crippen LogP contribution in [0.4, 0.5) is 0 Å². The molecular weight excluding hydrogens is 318 g/mol. The molecule has 0 aliphatic heterocycles. The van der Waals surface area contributed by atoms with Gasteiger partial charge in [-0.25, -0.2) is 0 Å². The SMILES string of the molecule is Cc1ccccc1OCc1ccc(C(=O)N(C)Cc2ccnn2C)o1. The number of ether oxygens (including phenoxy) is 1. The summed E-state index contributed by atoms with van der Waals surface area (Å²) < 4.78 is 13.1. The maximum absolute atomic E-state index is 12.5. The van der Waals surface area contributed by atoms with Crippen LogP contribution in [0.15, 0.2) is 53.1 Å². The molecule has 0 saturated heterocycles. The van der Waals surface area contributed by atoms with E-state index < -0.39 is 0 Å². The zero-order chi connectivity index (χ0) is 17.8. The van der Waals surface area contributed by atoms with Crippen LogP contribution in [0.5, 0.6) is 5.75 Å². The number of rotatable bonds is 6. The first kappa shape index (κ1) is 16.8. The lowest BCUT2D eigenvalue weighted by atomic mass is 10.2. The topological polar surface area (TPSA) is 60.5 Å². The zero-order valence-corrected chi connectivity index (χ0v) is 14.6. The number of amides is 1. The highest BCUT2D eigenvalue weighted by Gasteiger charge is 2.17. The summed E-state index contributed by atoms with van der Waals surface area (Å²) in [5.74, 6) is 1.54. The predicted octanol–water partition coefficient (Wildman–Crippen LogP) is 3.17. The van der Waals surface area contributed by atoms with Gasteiger partial charge in [0.05, 0.1) is 12.2 Å². The molecule has 0 N–H and O–H groups in total. The normalized spacial score (nSPS) is 10.7. The summed E-state index contributed by atoms with van der Waals surface area (Å²) in [6.45, 7) is 2.73. The lowest BCUT2D eigenvalue weighted by molar-refractivity contribution is 0.0746. The van der Waals surface area contributed by atoms with Crippen molar-refractivity contribution in [3.8, 4) is 5.75 Å². The second kappa shape index (κ2) is 7.25. The summed E-state index contributed by atoms with van der Waals surface area (Å²) in [5, 5.41) is 4.10. The maximum Gasteiger partial charge on any atom is 0.289 e. The third kappa shape index (κ3) is 3.91. The first-order valence-electron chi connectivity index (χ1n) is 8.04. The maximum atomic E-state index is 12.5. The minimum Gasteiger partial charge on any atom is -0.485 e. The fourth-order valence-corrected chi connectivity index (χ4v) is 2.50. The van der Waals surface area contributed by atoms with Crippen molar-refractivity contribution >= 4 is 5.91 Å². The van der Waals surface area contributed by atoms with Gasteiger partial charge in [0.15, 0.2) is 5.76 Å². The first-order chi connectivity index (χ1) is 12.0. The fraction of sp³-hybridized carbons (Fsp3) is 0.263. The van der Waals surface area contributed by atoms with Crippen molar-refractivity contribution in [2.75, 3.05) is 7.05 Å². The van der Waals surface area contributed by atoms with Crippen molar-refractivity contribution in [1.29, 1.82) is 0 Å². The van der Waals surface area contributed by atoms with Gasteiger partial charge in [-0.1, -0.05) is 18.2 Å². The molecular formula is C19H21N3O3. The van der Waals surface area contributed by atoms with E-state index in [2.05, 4.69) is 5.10 Å². The Labute approximate surface area is 146 Å². The van der Waals surface area contributed by atoms with Gasteiger partial charge in [-0.2, -0.15) is 5.10 Å². The molecule has 0 radical (unpaired) electrons. The van der Waals surface area contributed by atoms with Crippen molar-refractivity contribution in [2.24, 2.45) is 7.05 Å². The predicted molar refractivity (Wildman–Crippen MR) is 93.2 cm³/mol. The fourth-order valence-electron chi connectivity index (χ4n) is 2.50. The molecule has 6 heteroatoms. The minimum atomic E-state index is -0.177. The smallest absolute Gasteiger partial charge is 0.289 e. The van der Waals surface area contributed by atoms with Gasteiger partial charge < -0.3 is 14.1 Å². The molecule has 1 aromatic carbocycles. The Hall–Kier alpha value is -3.02. The Bertz CT molecular complexity index is 866. The Kier molecular flexibility index (Phi) is 4.88. The molecule has 0 spiro atoms. The average Bonchev–Trinajstić information content (AvgIpc) is 3.23. The second-order valence-electron chi connectivity index (χ2n) is 5.93. The van der Waals surface area contributed by atoms with Crippen LogP contribution >= 0.6 is 0 Å². The summed E-state index contributed by atoms with van der Waals surface area (Å²) in [6.07, 6.45) is 1.71. The molecule has 0 atom stereocenters. The lowest BCUT2D eigenvalue weighted by Gasteiger charge is -2.15. The number of hydrogen-bond acceptors (Lipinski definition) is 4. The highest BCUT2D eigenvalue weighted by Crippen LogP contribution is 2.19. The van der Waals surface area contributed by atoms with E-state index in [9.17, 15) is 4.79 Å². The molecule has 6 nitrogen and oxygen atoms in total. The molecule has 0 fully saturated rings. The third-order valence-electron chi connectivity index (χ3n) is 4.00. The Balaban J connectivity index is 1.61. The van der Waals surface area contributed by atoms with Crippen molar-refractivity contribution < 1.29 is 13.9 Å². The van der Waals surface area contributed by atoms with Crippen LogP contribution in [0.2, 0.25) is 0 Å². The molecule has 0 aliphatic rings. The van der Waals surface area contributed by atoms with E-state index in [0.29, 0.717) is 18.1 Å². The van der Waals surface area contributed by atoms with Crippen LogP contribution in [-0.4, -0.2) is 27.6 Å². The molecule has 2 heterocycles. The number of para-hydroxylation sites is 1. The summed E-state index contributed by atoms with van der Waals surface area (Å²) in [7, 11) is 3.59. The van der Waals surface area contributed by atoms with Crippen molar-refractivity contribution in [1.82, 2.24) is 14.7 Å². The van der Waals surface area contributed by atoms with Gasteiger partial charge in [0.25, 0.3) is 5.91 Å². The highest BCUT2D eigenvalue weighted by atomic mass is 16.5. The van der Waals surface area contributed by atoms with Crippen molar-refractivity contribution in [3.63, 3.8) is 0 Å². The van der Waals surface area contributed by atoms with Crippen LogP contribution < -0.4 is 4.74 Å². The van der Waals surface area contributed by atoms with Gasteiger partial charge in [-0.3, -0.25) is 9.48 Å². The number of carbonyl (C=O) groups is 1. The van der Waals surface area contributed by atoms with Gasteiger partial charge in [0.2, 0.25) is 0 Å². The van der Waals surface area contributed by atoms with Gasteiger partial charge >= 0.3 is 0 Å². The summed E-state index contributed by atoms with van der Waals surface area (Å²) >= 11 is 0. The van der Waals surface area contributed by atoms with E-state index >= 15 is 0 Å². The molecule has 3 rings (SSSR count). The quantitative estimate of drug-likeness (QED) is 0.692. The Morgan fingerprint density at radius 1 is 1.24 bits per heavy atom. The van der Waals surface area contributed by atoms with E-state index in [1.807, 2.05) is 44.3 Å². The summed E-state index contributed by atoms with van der Waals surface area (Å²) in [4.78, 5) is 14.1. The van der Waals surface area contributed by atoms with E-state index in [4.69, 9.17) is 9.15 Å². The molecule has 1 amide bonds. The number of hydrogen-bond donors (Lipinski definition) is 0. The van der Waals surface area contributed by atoms with E-state index in [1.54, 1.807) is 35.0 Å². The van der Waals surface area contributed by atoms with Crippen LogP contribution in [-0.2, 0) is 20.2 Å². The Morgan fingerprint density at radius 3 is 2.76 bits per heavy atom. The molecule has 0 aliphatic carbocycles. The third-order valence-corrected chi connectivity index (χ3v) is 4.00. The molecule has 2 aromatic heterocycles. The second-order valence-corrected chi connectivity index (χ2v) is 5.93. The van der Waals surface area contributed by atoms with Crippen LogP contribution in [0.1, 0.15) is 27.6 Å². The minimum absolute atomic E-state index is 0.177. The van der Waals surface area contributed by atoms with E-state index in [-0.39, 0.29) is 12.5 Å². The first-order valence-corrected chi connectivity index (χ1v) is 8.04. The molecule has 3 aromatic rings. The van der Waals surface area contributed by atoms with Crippen LogP contribution in [0, 0.1) is 6.92 Å². The van der Waals surface area contributed by atoms with Crippen LogP contribution in [0.25, 0.3) is 0 Å². The lowest BCUT2D eigenvalue weighted by Crippen LogP contribution is -2.26. The van der Waals surface area contributed by atoms with Gasteiger partial charge in [0.1, 0.15) is 18.1 Å². The number of benzene rings is 1. The number of nitrogens with zero attached hydrogens (tertiary/aromatic N) is 3. The standard InChI is InChI=1S/C19H21N3O3/c1-14-6-4-5-7-17(14)24-13-16-8-9-18(25-16)19(23)21(2)12-15-10-11-20-22(15)3/h4-11H,12-13H2,1-3H3. The molecule has 25 heavy (non-hydrogen) atoms. The number of aryl methyl sites for hydroxylation is 2. The Morgan fingerprint density at radius 2 is 2.04 bits per heavy atom. The van der Waals surface area contributed by atoms with Crippen molar-refractivity contribution in [2.45, 2.75) is 20.1 Å². The van der Waals surface area contributed by atoms with Gasteiger partial charge in [-0.05, 0) is 36.8 Å². The average molecular weight is 339 g/mol.